The molecule has 5 heteroatoms. The molecule has 1 aromatic heterocycles. The molecule has 0 saturated carbocycles. The number of aliphatic hydroxyl groups is 1. The lowest BCUT2D eigenvalue weighted by Gasteiger charge is -2.11. The molecule has 3 rings (SSSR count). The minimum Gasteiger partial charge on any atom is -0.383 e. The fourth-order valence-corrected chi connectivity index (χ4v) is 5.07. The van der Waals surface area contributed by atoms with Crippen molar-refractivity contribution in [1.82, 2.24) is 0 Å². The van der Waals surface area contributed by atoms with Crippen LogP contribution in [-0.4, -0.2) is 10.9 Å². The Morgan fingerprint density at radius 3 is 2.79 bits per heavy atom. The van der Waals surface area contributed by atoms with Gasteiger partial charge in [-0.05, 0) is 35.9 Å². The highest BCUT2D eigenvalue weighted by molar-refractivity contribution is 7.98. The van der Waals surface area contributed by atoms with Crippen LogP contribution < -0.4 is 0 Å². The van der Waals surface area contributed by atoms with Gasteiger partial charge < -0.3 is 5.11 Å². The number of halogens is 2. The predicted molar refractivity (Wildman–Crippen MR) is 84.7 cm³/mol. The lowest BCUT2D eigenvalue weighted by atomic mass is 10.1. The van der Waals surface area contributed by atoms with Crippen molar-refractivity contribution in [3.8, 4) is 0 Å². The number of benzene rings is 1. The van der Waals surface area contributed by atoms with Gasteiger partial charge in [-0.2, -0.15) is 11.8 Å². The summed E-state index contributed by atoms with van der Waals surface area (Å²) in [6, 6.07) is 7.34. The Hall–Kier alpha value is -0.190. The average Bonchev–Trinajstić information content (AvgIpc) is 2.81. The maximum atomic E-state index is 10.5. The second-order valence-corrected chi connectivity index (χ2v) is 7.59. The highest BCUT2D eigenvalue weighted by atomic mass is 35.5. The van der Waals surface area contributed by atoms with Crippen molar-refractivity contribution in [2.75, 3.05) is 5.75 Å². The van der Waals surface area contributed by atoms with E-state index in [2.05, 4.69) is 6.07 Å². The highest BCUT2D eigenvalue weighted by Gasteiger charge is 2.20. The third-order valence-corrected chi connectivity index (χ3v) is 6.03. The van der Waals surface area contributed by atoms with Crippen LogP contribution in [0.3, 0.4) is 0 Å². The van der Waals surface area contributed by atoms with E-state index in [1.54, 1.807) is 29.5 Å². The molecule has 1 aliphatic rings. The number of thioether (sulfide) groups is 1. The summed E-state index contributed by atoms with van der Waals surface area (Å²) >= 11 is 15.7. The third kappa shape index (κ3) is 2.81. The predicted octanol–water partition coefficient (Wildman–Crippen LogP) is 4.93. The molecule has 1 nitrogen and oxygen atoms in total. The number of aliphatic hydroxyl groups excluding tert-OH is 1. The van der Waals surface area contributed by atoms with E-state index < -0.39 is 6.10 Å². The second kappa shape index (κ2) is 5.66. The molecule has 1 aromatic carbocycles. The Kier molecular flexibility index (Phi) is 4.11. The number of thiophene rings is 1. The first-order valence-corrected chi connectivity index (χ1v) is 8.70. The number of aryl methyl sites for hydroxylation is 1. The Labute approximate surface area is 130 Å². The van der Waals surface area contributed by atoms with Crippen LogP contribution in [0.15, 0.2) is 24.3 Å². The van der Waals surface area contributed by atoms with Crippen LogP contribution in [0.4, 0.5) is 0 Å². The molecule has 0 bridgehead atoms. The summed E-state index contributed by atoms with van der Waals surface area (Å²) < 4.78 is 0. The lowest BCUT2D eigenvalue weighted by Crippen LogP contribution is -1.98. The molecular formula is C14H12Cl2OS2. The SMILES string of the molecule is OC(c1cc2c(s1)CCSC2)c1ccc(Cl)cc1Cl. The van der Waals surface area contributed by atoms with E-state index in [1.165, 1.54) is 16.2 Å². The van der Waals surface area contributed by atoms with E-state index in [-0.39, 0.29) is 0 Å². The molecule has 1 unspecified atom stereocenters. The van der Waals surface area contributed by atoms with E-state index in [0.717, 1.165) is 22.6 Å². The van der Waals surface area contributed by atoms with Crippen LogP contribution in [0, 0.1) is 0 Å². The summed E-state index contributed by atoms with van der Waals surface area (Å²) in [5.41, 5.74) is 2.08. The summed E-state index contributed by atoms with van der Waals surface area (Å²) in [5, 5.41) is 11.6. The lowest BCUT2D eigenvalue weighted by molar-refractivity contribution is 0.224. The van der Waals surface area contributed by atoms with Crippen LogP contribution in [-0.2, 0) is 12.2 Å². The van der Waals surface area contributed by atoms with Crippen LogP contribution in [0.5, 0.6) is 0 Å². The Morgan fingerprint density at radius 2 is 2.05 bits per heavy atom. The van der Waals surface area contributed by atoms with Gasteiger partial charge in [0.15, 0.2) is 0 Å². The van der Waals surface area contributed by atoms with Crippen molar-refractivity contribution < 1.29 is 5.11 Å². The Morgan fingerprint density at radius 1 is 1.21 bits per heavy atom. The summed E-state index contributed by atoms with van der Waals surface area (Å²) in [6.07, 6.45) is 0.441. The fraction of sp³-hybridized carbons (Fsp3) is 0.286. The van der Waals surface area contributed by atoms with Gasteiger partial charge >= 0.3 is 0 Å². The zero-order chi connectivity index (χ0) is 13.4. The molecule has 0 aliphatic carbocycles. The number of fused-ring (bicyclic) bond motifs is 1. The molecule has 0 radical (unpaired) electrons. The van der Waals surface area contributed by atoms with Crippen molar-refractivity contribution in [2.45, 2.75) is 18.3 Å². The van der Waals surface area contributed by atoms with Gasteiger partial charge in [0, 0.05) is 31.1 Å². The number of rotatable bonds is 2. The largest absolute Gasteiger partial charge is 0.383 e. The summed E-state index contributed by atoms with van der Waals surface area (Å²) in [6.45, 7) is 0. The minimum absolute atomic E-state index is 0.515. The topological polar surface area (TPSA) is 20.2 Å². The van der Waals surface area contributed by atoms with E-state index in [4.69, 9.17) is 23.2 Å². The molecule has 1 atom stereocenters. The van der Waals surface area contributed by atoms with Gasteiger partial charge in [0.1, 0.15) is 6.10 Å². The molecule has 0 spiro atoms. The average molecular weight is 331 g/mol. The summed E-state index contributed by atoms with van der Waals surface area (Å²) in [4.78, 5) is 2.37. The van der Waals surface area contributed by atoms with Crippen molar-refractivity contribution in [3.63, 3.8) is 0 Å². The van der Waals surface area contributed by atoms with E-state index in [9.17, 15) is 5.11 Å². The molecule has 19 heavy (non-hydrogen) atoms. The highest BCUT2D eigenvalue weighted by Crippen LogP contribution is 2.38. The fourth-order valence-electron chi connectivity index (χ4n) is 2.18. The zero-order valence-corrected chi connectivity index (χ0v) is 13.2. The van der Waals surface area contributed by atoms with E-state index in [0.29, 0.717) is 10.0 Å². The molecule has 0 amide bonds. The maximum absolute atomic E-state index is 10.5. The van der Waals surface area contributed by atoms with Crippen molar-refractivity contribution in [1.29, 1.82) is 0 Å². The van der Waals surface area contributed by atoms with Gasteiger partial charge in [0.05, 0.1) is 0 Å². The third-order valence-electron chi connectivity index (χ3n) is 3.17. The molecule has 0 fully saturated rings. The standard InChI is InChI=1S/C14H12Cl2OS2/c15-9-1-2-10(11(16)6-9)14(17)13-5-8-7-18-4-3-12(8)19-13/h1-2,5-6,14,17H,3-4,7H2. The van der Waals surface area contributed by atoms with Gasteiger partial charge in [0.25, 0.3) is 0 Å². The van der Waals surface area contributed by atoms with Gasteiger partial charge in [-0.1, -0.05) is 29.3 Å². The van der Waals surface area contributed by atoms with Crippen LogP contribution in [0.1, 0.15) is 27.0 Å². The van der Waals surface area contributed by atoms with Gasteiger partial charge in [-0.15, -0.1) is 11.3 Å². The van der Waals surface area contributed by atoms with Crippen molar-refractivity contribution >= 4 is 46.3 Å². The van der Waals surface area contributed by atoms with E-state index >= 15 is 0 Å². The second-order valence-electron chi connectivity index (χ2n) is 4.47. The smallest absolute Gasteiger partial charge is 0.115 e. The van der Waals surface area contributed by atoms with Crippen LogP contribution in [0.2, 0.25) is 10.0 Å². The first-order chi connectivity index (χ1) is 9.15. The quantitative estimate of drug-likeness (QED) is 0.842. The Bertz CT molecular complexity index is 586. The minimum atomic E-state index is -0.662. The number of hydrogen-bond acceptors (Lipinski definition) is 3. The zero-order valence-electron chi connectivity index (χ0n) is 10.0. The first-order valence-electron chi connectivity index (χ1n) is 5.97. The molecule has 0 saturated heterocycles. The van der Waals surface area contributed by atoms with Gasteiger partial charge in [0.2, 0.25) is 0 Å². The molecule has 1 N–H and O–H groups in total. The van der Waals surface area contributed by atoms with Crippen molar-refractivity contribution in [3.05, 3.63) is 55.2 Å². The van der Waals surface area contributed by atoms with E-state index in [1.807, 2.05) is 11.8 Å². The number of hydrogen-bond donors (Lipinski definition) is 1. The Balaban J connectivity index is 1.94. The monoisotopic (exact) mass is 330 g/mol. The van der Waals surface area contributed by atoms with Gasteiger partial charge in [-0.25, -0.2) is 0 Å². The van der Waals surface area contributed by atoms with Crippen molar-refractivity contribution in [2.24, 2.45) is 0 Å². The molecule has 100 valence electrons. The van der Waals surface area contributed by atoms with Crippen LogP contribution >= 0.6 is 46.3 Å². The first kappa shape index (κ1) is 13.8. The normalized spacial score (nSPS) is 16.2. The molecular weight excluding hydrogens is 319 g/mol. The summed E-state index contributed by atoms with van der Waals surface area (Å²) in [5.74, 6) is 2.22. The summed E-state index contributed by atoms with van der Waals surface area (Å²) in [7, 11) is 0. The molecule has 2 aromatic rings. The van der Waals surface area contributed by atoms with Crippen LogP contribution in [0.25, 0.3) is 0 Å². The van der Waals surface area contributed by atoms with Gasteiger partial charge in [-0.3, -0.25) is 0 Å². The molecule has 1 aliphatic heterocycles. The maximum Gasteiger partial charge on any atom is 0.115 e. The molecule has 2 heterocycles.